The van der Waals surface area contributed by atoms with Gasteiger partial charge in [0.2, 0.25) is 4.80 Å². The van der Waals surface area contributed by atoms with Crippen LogP contribution in [0.25, 0.3) is 0 Å². The van der Waals surface area contributed by atoms with Gasteiger partial charge in [0.05, 0.1) is 11.9 Å². The van der Waals surface area contributed by atoms with Crippen LogP contribution in [0.1, 0.15) is 18.2 Å². The van der Waals surface area contributed by atoms with Crippen LogP contribution in [0.2, 0.25) is 0 Å². The molecule has 0 spiro atoms. The van der Waals surface area contributed by atoms with Gasteiger partial charge in [0.25, 0.3) is 0 Å². The van der Waals surface area contributed by atoms with Gasteiger partial charge >= 0.3 is 0 Å². The monoisotopic (exact) mass is 323 g/mol. The molecular weight excluding hydrogens is 310 g/mol. The maximum absolute atomic E-state index is 4.48. The third kappa shape index (κ3) is 3.17. The minimum atomic E-state index is 0.772. The Hall–Kier alpha value is -1.20. The molecule has 0 bridgehead atoms. The molecule has 94 valence electrons. The first-order valence-corrected chi connectivity index (χ1v) is 7.35. The molecule has 1 heterocycles. The van der Waals surface area contributed by atoms with Crippen molar-refractivity contribution in [1.29, 1.82) is 0 Å². The van der Waals surface area contributed by atoms with E-state index in [1.165, 1.54) is 0 Å². The Morgan fingerprint density at radius 2 is 2.06 bits per heavy atom. The highest BCUT2D eigenvalue weighted by atomic mass is 79.9. The first-order chi connectivity index (χ1) is 8.70. The van der Waals surface area contributed by atoms with E-state index < -0.39 is 0 Å². The van der Waals surface area contributed by atoms with Crippen molar-refractivity contribution in [2.45, 2.75) is 13.8 Å². The topological polar surface area (TPSA) is 29.6 Å². The summed E-state index contributed by atoms with van der Waals surface area (Å²) in [7, 11) is 0. The van der Waals surface area contributed by atoms with Crippen molar-refractivity contribution in [2.75, 3.05) is 6.54 Å². The zero-order valence-corrected chi connectivity index (χ0v) is 12.7. The molecule has 2 aromatic rings. The summed E-state index contributed by atoms with van der Waals surface area (Å²) in [4.78, 5) is 5.35. The summed E-state index contributed by atoms with van der Waals surface area (Å²) >= 11 is 5.03. The van der Waals surface area contributed by atoms with Crippen LogP contribution in [-0.2, 0) is 0 Å². The van der Waals surface area contributed by atoms with Gasteiger partial charge in [0.1, 0.15) is 0 Å². The molecule has 1 aromatic heterocycles. The number of rotatable bonds is 3. The fraction of sp³-hybridized carbons (Fsp3) is 0.231. The Morgan fingerprint density at radius 1 is 1.33 bits per heavy atom. The number of hydrogen-bond acceptors (Lipinski definition) is 3. The summed E-state index contributed by atoms with van der Waals surface area (Å²) in [6.45, 7) is 4.83. The molecule has 0 aliphatic carbocycles. The molecule has 0 aliphatic heterocycles. The average molecular weight is 324 g/mol. The molecule has 0 amide bonds. The minimum Gasteiger partial charge on any atom is -0.258 e. The van der Waals surface area contributed by atoms with Gasteiger partial charge in [-0.1, -0.05) is 28.1 Å². The SMILES string of the molecule is CCN=c1scc(C)n1/N=C\c1ccc(Br)cc1. The van der Waals surface area contributed by atoms with E-state index in [9.17, 15) is 0 Å². The van der Waals surface area contributed by atoms with E-state index in [1.807, 2.05) is 49.0 Å². The highest BCUT2D eigenvalue weighted by Crippen LogP contribution is 2.09. The number of nitrogens with zero attached hydrogens (tertiary/aromatic N) is 3. The average Bonchev–Trinajstić information content (AvgIpc) is 2.71. The summed E-state index contributed by atoms with van der Waals surface area (Å²) in [5, 5.41) is 6.54. The Labute approximate surface area is 119 Å². The van der Waals surface area contributed by atoms with Gasteiger partial charge in [-0.25, -0.2) is 4.68 Å². The predicted octanol–water partition coefficient (Wildman–Crippen LogP) is 3.42. The Morgan fingerprint density at radius 3 is 2.72 bits per heavy atom. The highest BCUT2D eigenvalue weighted by Gasteiger charge is 1.98. The molecule has 0 saturated heterocycles. The molecule has 18 heavy (non-hydrogen) atoms. The van der Waals surface area contributed by atoms with Gasteiger partial charge in [-0.3, -0.25) is 4.99 Å². The van der Waals surface area contributed by atoms with Crippen LogP contribution in [0.5, 0.6) is 0 Å². The molecule has 0 N–H and O–H groups in total. The largest absolute Gasteiger partial charge is 0.258 e. The number of thiazole rings is 1. The molecule has 3 nitrogen and oxygen atoms in total. The molecule has 0 radical (unpaired) electrons. The van der Waals surface area contributed by atoms with Gasteiger partial charge in [-0.2, -0.15) is 5.10 Å². The first-order valence-electron chi connectivity index (χ1n) is 5.68. The molecule has 0 saturated carbocycles. The van der Waals surface area contributed by atoms with E-state index in [-0.39, 0.29) is 0 Å². The Balaban J connectivity index is 2.31. The zero-order valence-electron chi connectivity index (χ0n) is 10.3. The van der Waals surface area contributed by atoms with E-state index in [1.54, 1.807) is 11.3 Å². The molecule has 0 aliphatic rings. The van der Waals surface area contributed by atoms with Crippen molar-refractivity contribution >= 4 is 33.5 Å². The third-order valence-electron chi connectivity index (χ3n) is 2.34. The van der Waals surface area contributed by atoms with Crippen LogP contribution in [0.15, 0.2) is 44.2 Å². The Kier molecular flexibility index (Phi) is 4.49. The third-order valence-corrected chi connectivity index (χ3v) is 3.84. The minimum absolute atomic E-state index is 0.772. The molecule has 0 unspecified atom stereocenters. The Bertz CT molecular complexity index is 608. The lowest BCUT2D eigenvalue weighted by Crippen LogP contribution is -2.12. The van der Waals surface area contributed by atoms with E-state index in [0.717, 1.165) is 27.1 Å². The molecule has 5 heteroatoms. The van der Waals surface area contributed by atoms with Gasteiger partial charge in [-0.15, -0.1) is 11.3 Å². The fourth-order valence-electron chi connectivity index (χ4n) is 1.44. The van der Waals surface area contributed by atoms with Crippen molar-refractivity contribution in [3.05, 3.63) is 50.2 Å². The number of halogens is 1. The second-order valence-corrected chi connectivity index (χ2v) is 5.49. The second-order valence-electron chi connectivity index (χ2n) is 3.74. The van der Waals surface area contributed by atoms with E-state index in [4.69, 9.17) is 0 Å². The summed E-state index contributed by atoms with van der Waals surface area (Å²) in [6, 6.07) is 8.05. The lowest BCUT2D eigenvalue weighted by Gasteiger charge is -1.97. The lowest BCUT2D eigenvalue weighted by molar-refractivity contribution is 0.794. The second kappa shape index (κ2) is 6.11. The number of aromatic nitrogens is 1. The van der Waals surface area contributed by atoms with Crippen LogP contribution in [0, 0.1) is 6.92 Å². The molecule has 2 rings (SSSR count). The fourth-order valence-corrected chi connectivity index (χ4v) is 2.58. The highest BCUT2D eigenvalue weighted by molar-refractivity contribution is 9.10. The summed E-state index contributed by atoms with van der Waals surface area (Å²) in [5.74, 6) is 0. The van der Waals surface area contributed by atoms with Crippen LogP contribution in [-0.4, -0.2) is 17.4 Å². The number of aryl methyl sites for hydroxylation is 1. The summed E-state index contributed by atoms with van der Waals surface area (Å²) in [6.07, 6.45) is 1.85. The molecular formula is C13H14BrN3S. The first kappa shape index (κ1) is 13.2. The van der Waals surface area contributed by atoms with Gasteiger partial charge in [-0.05, 0) is 31.5 Å². The van der Waals surface area contributed by atoms with Crippen molar-refractivity contribution in [2.24, 2.45) is 10.1 Å². The van der Waals surface area contributed by atoms with Crippen molar-refractivity contribution < 1.29 is 0 Å². The van der Waals surface area contributed by atoms with Gasteiger partial charge in [0.15, 0.2) is 0 Å². The van der Waals surface area contributed by atoms with Crippen molar-refractivity contribution in [1.82, 2.24) is 4.68 Å². The molecule has 0 atom stereocenters. The van der Waals surface area contributed by atoms with Crippen LogP contribution in [0.4, 0.5) is 0 Å². The van der Waals surface area contributed by atoms with Crippen molar-refractivity contribution in [3.63, 3.8) is 0 Å². The number of hydrogen-bond donors (Lipinski definition) is 0. The predicted molar refractivity (Wildman–Crippen MR) is 80.3 cm³/mol. The molecule has 1 aromatic carbocycles. The van der Waals surface area contributed by atoms with Crippen LogP contribution >= 0.6 is 27.3 Å². The van der Waals surface area contributed by atoms with Crippen molar-refractivity contribution in [3.8, 4) is 0 Å². The summed E-state index contributed by atoms with van der Waals surface area (Å²) in [5.41, 5.74) is 2.17. The van der Waals surface area contributed by atoms with Gasteiger partial charge in [0, 0.05) is 16.4 Å². The molecule has 0 fully saturated rings. The maximum atomic E-state index is 4.48. The van der Waals surface area contributed by atoms with Gasteiger partial charge < -0.3 is 0 Å². The normalized spacial score (nSPS) is 12.5. The smallest absolute Gasteiger partial charge is 0.205 e. The van der Waals surface area contributed by atoms with E-state index in [2.05, 4.69) is 31.4 Å². The van der Waals surface area contributed by atoms with Crippen LogP contribution < -0.4 is 4.80 Å². The van der Waals surface area contributed by atoms with E-state index in [0.29, 0.717) is 0 Å². The number of benzene rings is 1. The maximum Gasteiger partial charge on any atom is 0.205 e. The zero-order chi connectivity index (χ0) is 13.0. The van der Waals surface area contributed by atoms with E-state index >= 15 is 0 Å². The standard InChI is InChI=1S/C13H14BrN3S/c1-3-15-13-17(10(2)9-18-13)16-8-11-4-6-12(14)7-5-11/h4-9H,3H2,1-2H3/b15-13?,16-8-. The quantitative estimate of drug-likeness (QED) is 0.775. The van der Waals surface area contributed by atoms with Crippen LogP contribution in [0.3, 0.4) is 0 Å². The lowest BCUT2D eigenvalue weighted by atomic mass is 10.2. The summed E-state index contributed by atoms with van der Waals surface area (Å²) < 4.78 is 2.94.